The maximum Gasteiger partial charge on any atom is 0.328 e. The molecule has 0 saturated heterocycles. The van der Waals surface area contributed by atoms with Crippen molar-refractivity contribution in [3.8, 4) is 0 Å². The number of carbonyl (C=O) groups is 1. The smallest absolute Gasteiger partial charge is 0.328 e. The van der Waals surface area contributed by atoms with E-state index >= 15 is 0 Å². The number of carboxylic acids is 1. The van der Waals surface area contributed by atoms with Gasteiger partial charge in [0, 0.05) is 13.5 Å². The molecule has 0 saturated carbocycles. The molecule has 0 fully saturated rings. The van der Waals surface area contributed by atoms with Gasteiger partial charge in [0.15, 0.2) is 0 Å². The fourth-order valence-corrected chi connectivity index (χ4v) is 2.14. The van der Waals surface area contributed by atoms with Gasteiger partial charge in [0.1, 0.15) is 0 Å². The predicted octanol–water partition coefficient (Wildman–Crippen LogP) is 6.30. The fraction of sp³-hybridized carbons (Fsp3) is 0.524. The van der Waals surface area contributed by atoms with E-state index in [1.807, 2.05) is 18.2 Å². The van der Waals surface area contributed by atoms with Crippen LogP contribution in [0.5, 0.6) is 0 Å². The molecular weight excluding hydrogens is 284 g/mol. The highest BCUT2D eigenvalue weighted by atomic mass is 16.4. The molecule has 0 aromatic carbocycles. The number of allylic oxidation sites excluding steroid dienone is 7. The van der Waals surface area contributed by atoms with Gasteiger partial charge in [-0.05, 0) is 12.8 Å². The van der Waals surface area contributed by atoms with Gasteiger partial charge in [0.05, 0.1) is 0 Å². The van der Waals surface area contributed by atoms with Crippen LogP contribution in [0.15, 0.2) is 48.6 Å². The summed E-state index contributed by atoms with van der Waals surface area (Å²) in [5, 5.41) is 8.39. The molecule has 0 bridgehead atoms. The molecule has 2 nitrogen and oxygen atoms in total. The standard InChI is InChI=1S/C20H32O2.C/c1-2-3-4-5-6-7-8-9-10-11-12-13-14-15-16-17-18-19-20(21)22;/h12-19H,2-11H2,1H3,(H,21,22);. The lowest BCUT2D eigenvalue weighted by Gasteiger charge is -2.00. The molecule has 0 atom stereocenters. The average molecular weight is 316 g/mol. The fourth-order valence-electron chi connectivity index (χ4n) is 2.14. The Balaban J connectivity index is 0. The minimum Gasteiger partial charge on any atom is -0.478 e. The Bertz CT molecular complexity index is 362. The Morgan fingerprint density at radius 3 is 1.78 bits per heavy atom. The maximum atomic E-state index is 10.2. The molecule has 0 aliphatic heterocycles. The lowest BCUT2D eigenvalue weighted by molar-refractivity contribution is -0.131. The Hall–Kier alpha value is -1.57. The molecule has 0 spiro atoms. The van der Waals surface area contributed by atoms with Crippen molar-refractivity contribution in [2.75, 3.05) is 0 Å². The van der Waals surface area contributed by atoms with Crippen LogP contribution in [0.25, 0.3) is 0 Å². The van der Waals surface area contributed by atoms with E-state index in [1.165, 1.54) is 63.9 Å². The van der Waals surface area contributed by atoms with Crippen LogP contribution in [0.1, 0.15) is 71.1 Å². The van der Waals surface area contributed by atoms with Crippen molar-refractivity contribution in [1.29, 1.82) is 0 Å². The van der Waals surface area contributed by atoms with Gasteiger partial charge in [-0.2, -0.15) is 0 Å². The molecule has 23 heavy (non-hydrogen) atoms. The van der Waals surface area contributed by atoms with Crippen LogP contribution in [-0.4, -0.2) is 11.1 Å². The zero-order chi connectivity index (χ0) is 16.3. The summed E-state index contributed by atoms with van der Waals surface area (Å²) in [7, 11) is 0. The Kier molecular flexibility index (Phi) is 21.0. The number of carboxylic acid groups (broad SMARTS) is 1. The van der Waals surface area contributed by atoms with E-state index < -0.39 is 5.97 Å². The second-order valence-corrected chi connectivity index (χ2v) is 5.51. The van der Waals surface area contributed by atoms with Gasteiger partial charge >= 0.3 is 5.97 Å². The van der Waals surface area contributed by atoms with Gasteiger partial charge in [-0.3, -0.25) is 0 Å². The van der Waals surface area contributed by atoms with Crippen molar-refractivity contribution < 1.29 is 9.90 Å². The number of aliphatic carboxylic acids is 1. The largest absolute Gasteiger partial charge is 0.478 e. The minimum absolute atomic E-state index is 0. The third-order valence-corrected chi connectivity index (χ3v) is 3.40. The predicted molar refractivity (Wildman–Crippen MR) is 99.3 cm³/mol. The van der Waals surface area contributed by atoms with Gasteiger partial charge in [-0.1, -0.05) is 101 Å². The summed E-state index contributed by atoms with van der Waals surface area (Å²) in [5.74, 6) is -0.922. The highest BCUT2D eigenvalue weighted by Gasteiger charge is 1.90. The lowest BCUT2D eigenvalue weighted by atomic mass is 10.1. The Morgan fingerprint density at radius 1 is 0.739 bits per heavy atom. The molecule has 0 rings (SSSR count). The molecule has 0 aromatic heterocycles. The molecule has 0 heterocycles. The van der Waals surface area contributed by atoms with Gasteiger partial charge in [0.2, 0.25) is 0 Å². The quantitative estimate of drug-likeness (QED) is 0.232. The summed E-state index contributed by atoms with van der Waals surface area (Å²) in [6.45, 7) is 2.26. The van der Waals surface area contributed by atoms with Crippen LogP contribution in [0, 0.1) is 7.43 Å². The first kappa shape index (κ1) is 23.7. The van der Waals surface area contributed by atoms with Crippen LogP contribution in [0.2, 0.25) is 0 Å². The van der Waals surface area contributed by atoms with Crippen molar-refractivity contribution in [2.45, 2.75) is 71.1 Å². The first-order valence-corrected chi connectivity index (χ1v) is 8.67. The van der Waals surface area contributed by atoms with Gasteiger partial charge < -0.3 is 5.11 Å². The second-order valence-electron chi connectivity index (χ2n) is 5.51. The second kappa shape index (κ2) is 20.4. The molecule has 128 valence electrons. The summed E-state index contributed by atoms with van der Waals surface area (Å²) >= 11 is 0. The molecule has 0 aliphatic rings. The van der Waals surface area contributed by atoms with Crippen molar-refractivity contribution in [2.24, 2.45) is 0 Å². The van der Waals surface area contributed by atoms with E-state index in [9.17, 15) is 4.79 Å². The number of hydrogen-bond donors (Lipinski definition) is 1. The van der Waals surface area contributed by atoms with E-state index in [-0.39, 0.29) is 7.43 Å². The summed E-state index contributed by atoms with van der Waals surface area (Å²) < 4.78 is 0. The summed E-state index contributed by atoms with van der Waals surface area (Å²) in [5.41, 5.74) is 0. The highest BCUT2D eigenvalue weighted by molar-refractivity contribution is 5.80. The van der Waals surface area contributed by atoms with Crippen LogP contribution >= 0.6 is 0 Å². The van der Waals surface area contributed by atoms with Crippen LogP contribution in [0.4, 0.5) is 0 Å². The molecule has 0 amide bonds. The van der Waals surface area contributed by atoms with Crippen LogP contribution in [-0.2, 0) is 4.79 Å². The van der Waals surface area contributed by atoms with E-state index in [2.05, 4.69) is 19.1 Å². The normalized spacial score (nSPS) is 11.9. The third-order valence-electron chi connectivity index (χ3n) is 3.40. The van der Waals surface area contributed by atoms with E-state index in [1.54, 1.807) is 6.08 Å². The molecule has 0 aliphatic carbocycles. The summed E-state index contributed by atoms with van der Waals surface area (Å²) in [6, 6.07) is 0. The SMILES string of the molecule is CCCCCCCCCCCC=CC=CC=CC=CC(=O)O.[C]. The van der Waals surface area contributed by atoms with E-state index in [4.69, 9.17) is 5.11 Å². The first-order valence-electron chi connectivity index (χ1n) is 8.67. The Labute approximate surface area is 143 Å². The van der Waals surface area contributed by atoms with Crippen molar-refractivity contribution in [3.05, 3.63) is 56.0 Å². The maximum absolute atomic E-state index is 10.2. The van der Waals surface area contributed by atoms with Crippen LogP contribution in [0.3, 0.4) is 0 Å². The number of rotatable bonds is 14. The van der Waals surface area contributed by atoms with Crippen molar-refractivity contribution >= 4 is 5.97 Å². The molecule has 1 N–H and O–H groups in total. The molecule has 0 aromatic rings. The zero-order valence-electron chi connectivity index (χ0n) is 14.5. The summed E-state index contributed by atoms with van der Waals surface area (Å²) in [4.78, 5) is 10.2. The zero-order valence-corrected chi connectivity index (χ0v) is 14.5. The first-order chi connectivity index (χ1) is 10.8. The molecule has 2 heteroatoms. The monoisotopic (exact) mass is 316 g/mol. The Morgan fingerprint density at radius 2 is 1.22 bits per heavy atom. The van der Waals surface area contributed by atoms with Gasteiger partial charge in [-0.25, -0.2) is 4.79 Å². The van der Waals surface area contributed by atoms with Crippen LogP contribution < -0.4 is 0 Å². The minimum atomic E-state index is -0.922. The van der Waals surface area contributed by atoms with Crippen molar-refractivity contribution in [3.63, 3.8) is 0 Å². The average Bonchev–Trinajstić information content (AvgIpc) is 2.50. The van der Waals surface area contributed by atoms with Gasteiger partial charge in [-0.15, -0.1) is 0 Å². The third kappa shape index (κ3) is 22.8. The summed E-state index contributed by atoms with van der Waals surface area (Å²) in [6.07, 6.45) is 27.7. The number of hydrogen-bond acceptors (Lipinski definition) is 1. The number of unbranched alkanes of at least 4 members (excludes halogenated alkanes) is 9. The molecule has 0 unspecified atom stereocenters. The molecular formula is C21H32O2. The molecule has 4 radical (unpaired) electrons. The van der Waals surface area contributed by atoms with E-state index in [0.717, 1.165) is 12.5 Å². The topological polar surface area (TPSA) is 37.3 Å². The van der Waals surface area contributed by atoms with E-state index in [0.29, 0.717) is 0 Å². The lowest BCUT2D eigenvalue weighted by Crippen LogP contribution is -1.84. The van der Waals surface area contributed by atoms with Crippen molar-refractivity contribution in [1.82, 2.24) is 0 Å². The van der Waals surface area contributed by atoms with Gasteiger partial charge in [0.25, 0.3) is 0 Å². The highest BCUT2D eigenvalue weighted by Crippen LogP contribution is 2.10.